The number of hydrogen-bond donors (Lipinski definition) is 0. The third-order valence-electron chi connectivity index (χ3n) is 5.36. The summed E-state index contributed by atoms with van der Waals surface area (Å²) >= 11 is 3.11. The van der Waals surface area contributed by atoms with Gasteiger partial charge in [0.2, 0.25) is 5.91 Å². The van der Waals surface area contributed by atoms with Crippen LogP contribution in [0.25, 0.3) is 16.4 Å². The number of thiophene rings is 1. The zero-order valence-corrected chi connectivity index (χ0v) is 18.6. The van der Waals surface area contributed by atoms with Crippen LogP contribution in [0.3, 0.4) is 0 Å². The summed E-state index contributed by atoms with van der Waals surface area (Å²) in [4.78, 5) is 16.5. The number of carbonyl (C=O) groups excluding carboxylic acids is 1. The van der Waals surface area contributed by atoms with Gasteiger partial charge >= 0.3 is 0 Å². The maximum Gasteiger partial charge on any atom is 0.240 e. The molecule has 156 valence electrons. The topological polar surface area (TPSA) is 51.0 Å². The van der Waals surface area contributed by atoms with Crippen LogP contribution < -0.4 is 0 Å². The Kier molecular flexibility index (Phi) is 5.86. The van der Waals surface area contributed by atoms with Gasteiger partial charge in [-0.1, -0.05) is 66.4 Å². The number of benzene rings is 2. The van der Waals surface area contributed by atoms with Gasteiger partial charge in [0.1, 0.15) is 5.25 Å². The molecule has 31 heavy (non-hydrogen) atoms. The monoisotopic (exact) mass is 446 g/mol. The molecule has 7 heteroatoms. The summed E-state index contributed by atoms with van der Waals surface area (Å²) in [6, 6.07) is 24.2. The molecular weight excluding hydrogens is 424 g/mol. The van der Waals surface area contributed by atoms with Gasteiger partial charge in [0, 0.05) is 18.8 Å². The highest BCUT2D eigenvalue weighted by Gasteiger charge is 2.31. The molecule has 0 unspecified atom stereocenters. The Bertz CT molecular complexity index is 1140. The third kappa shape index (κ3) is 4.16. The van der Waals surface area contributed by atoms with Crippen LogP contribution in [-0.2, 0) is 4.79 Å². The molecule has 0 bridgehead atoms. The Labute approximate surface area is 189 Å². The minimum absolute atomic E-state index is 0.147. The van der Waals surface area contributed by atoms with Crippen molar-refractivity contribution in [2.24, 2.45) is 0 Å². The van der Waals surface area contributed by atoms with E-state index in [-0.39, 0.29) is 11.2 Å². The second-order valence-electron chi connectivity index (χ2n) is 7.40. The van der Waals surface area contributed by atoms with Gasteiger partial charge in [-0.15, -0.1) is 21.5 Å². The highest BCUT2D eigenvalue weighted by atomic mass is 32.2. The molecule has 5 nitrogen and oxygen atoms in total. The summed E-state index contributed by atoms with van der Waals surface area (Å²) in [5, 5.41) is 11.4. The van der Waals surface area contributed by atoms with Gasteiger partial charge in [-0.25, -0.2) is 0 Å². The summed E-state index contributed by atoms with van der Waals surface area (Å²) in [5.41, 5.74) is 1.98. The lowest BCUT2D eigenvalue weighted by Crippen LogP contribution is -2.31. The number of likely N-dealkylation sites (tertiary alicyclic amines) is 1. The van der Waals surface area contributed by atoms with Gasteiger partial charge < -0.3 is 4.90 Å². The van der Waals surface area contributed by atoms with Gasteiger partial charge in [0.25, 0.3) is 0 Å². The van der Waals surface area contributed by atoms with Crippen molar-refractivity contribution < 1.29 is 4.79 Å². The Morgan fingerprint density at radius 3 is 2.29 bits per heavy atom. The maximum absolute atomic E-state index is 13.5. The zero-order chi connectivity index (χ0) is 21.0. The standard InChI is InChI=1S/C24H22N4OS2/c29-23(27-15-7-8-16-27)21(18-10-3-1-4-11-18)31-24-26-25-22(20-14-9-17-30-20)28(24)19-12-5-2-6-13-19/h1-6,9-14,17,21H,7-8,15-16H2/t21-/m0/s1. The van der Waals surface area contributed by atoms with E-state index in [1.54, 1.807) is 11.3 Å². The molecule has 0 saturated carbocycles. The molecule has 1 fully saturated rings. The first kappa shape index (κ1) is 20.0. The third-order valence-corrected chi connectivity index (χ3v) is 7.41. The van der Waals surface area contributed by atoms with Crippen molar-refractivity contribution in [2.45, 2.75) is 23.2 Å². The van der Waals surface area contributed by atoms with Crippen LogP contribution in [0.5, 0.6) is 0 Å². The van der Waals surface area contributed by atoms with E-state index in [0.717, 1.165) is 53.0 Å². The van der Waals surface area contributed by atoms with Crippen molar-refractivity contribution in [1.82, 2.24) is 19.7 Å². The fourth-order valence-electron chi connectivity index (χ4n) is 3.82. The van der Waals surface area contributed by atoms with Crippen molar-refractivity contribution in [3.05, 3.63) is 83.7 Å². The molecule has 4 aromatic rings. The summed E-state index contributed by atoms with van der Waals surface area (Å²) < 4.78 is 2.06. The number of carbonyl (C=O) groups is 1. The number of thioether (sulfide) groups is 1. The van der Waals surface area contributed by atoms with E-state index < -0.39 is 0 Å². The van der Waals surface area contributed by atoms with Gasteiger partial charge in [-0.05, 0) is 42.0 Å². The van der Waals surface area contributed by atoms with Gasteiger partial charge in [0.15, 0.2) is 11.0 Å². The number of nitrogens with zero attached hydrogens (tertiary/aromatic N) is 4. The minimum Gasteiger partial charge on any atom is -0.341 e. The molecule has 0 spiro atoms. The second kappa shape index (κ2) is 9.08. The summed E-state index contributed by atoms with van der Waals surface area (Å²) in [5.74, 6) is 0.943. The fourth-order valence-corrected chi connectivity index (χ4v) is 5.66. The molecule has 0 aliphatic carbocycles. The van der Waals surface area contributed by atoms with Crippen LogP contribution in [0, 0.1) is 0 Å². The van der Waals surface area contributed by atoms with Crippen molar-refractivity contribution in [3.8, 4) is 16.4 Å². The minimum atomic E-state index is -0.359. The Balaban J connectivity index is 1.57. The van der Waals surface area contributed by atoms with E-state index in [4.69, 9.17) is 0 Å². The van der Waals surface area contributed by atoms with Crippen LogP contribution in [0.1, 0.15) is 23.7 Å². The Hall–Kier alpha value is -2.90. The highest BCUT2D eigenvalue weighted by Crippen LogP contribution is 2.39. The molecule has 0 radical (unpaired) electrons. The molecule has 1 saturated heterocycles. The average molecular weight is 447 g/mol. The number of amides is 1. The summed E-state index contributed by atoms with van der Waals surface area (Å²) in [6.45, 7) is 1.66. The predicted molar refractivity (Wildman–Crippen MR) is 126 cm³/mol. The van der Waals surface area contributed by atoms with E-state index in [0.29, 0.717) is 0 Å². The lowest BCUT2D eigenvalue weighted by atomic mass is 10.1. The number of rotatable bonds is 6. The van der Waals surface area contributed by atoms with Gasteiger partial charge in [-0.2, -0.15) is 0 Å². The number of aromatic nitrogens is 3. The molecular formula is C24H22N4OS2. The molecule has 5 rings (SSSR count). The van der Waals surface area contributed by atoms with Crippen molar-refractivity contribution in [3.63, 3.8) is 0 Å². The number of para-hydroxylation sites is 1. The largest absolute Gasteiger partial charge is 0.341 e. The molecule has 1 aliphatic heterocycles. The van der Waals surface area contributed by atoms with Crippen LogP contribution in [0.2, 0.25) is 0 Å². The van der Waals surface area contributed by atoms with Crippen LogP contribution in [-0.4, -0.2) is 38.7 Å². The van der Waals surface area contributed by atoms with Crippen LogP contribution in [0.4, 0.5) is 0 Å². The molecule has 1 amide bonds. The second-order valence-corrected chi connectivity index (χ2v) is 9.42. The Morgan fingerprint density at radius 1 is 0.903 bits per heavy atom. The Morgan fingerprint density at radius 2 is 1.61 bits per heavy atom. The first-order valence-electron chi connectivity index (χ1n) is 10.4. The lowest BCUT2D eigenvalue weighted by molar-refractivity contribution is -0.129. The predicted octanol–water partition coefficient (Wildman–Crippen LogP) is 5.45. The maximum atomic E-state index is 13.5. The van der Waals surface area contributed by atoms with Crippen molar-refractivity contribution >= 4 is 29.0 Å². The first-order chi connectivity index (χ1) is 15.3. The van der Waals surface area contributed by atoms with Crippen LogP contribution in [0.15, 0.2) is 83.3 Å². The summed E-state index contributed by atoms with van der Waals surface area (Å²) in [6.07, 6.45) is 2.14. The number of hydrogen-bond acceptors (Lipinski definition) is 5. The SMILES string of the molecule is O=C([C@@H](Sc1nnc(-c2cccs2)n1-c1ccccc1)c1ccccc1)N1CCCC1. The van der Waals surface area contributed by atoms with Crippen molar-refractivity contribution in [1.29, 1.82) is 0 Å². The van der Waals surface area contributed by atoms with Crippen molar-refractivity contribution in [2.75, 3.05) is 13.1 Å². The molecule has 2 aromatic heterocycles. The van der Waals surface area contributed by atoms with E-state index in [2.05, 4.69) is 14.8 Å². The van der Waals surface area contributed by atoms with Gasteiger partial charge in [-0.3, -0.25) is 9.36 Å². The van der Waals surface area contributed by atoms with Gasteiger partial charge in [0.05, 0.1) is 4.88 Å². The smallest absolute Gasteiger partial charge is 0.240 e. The molecule has 3 heterocycles. The van der Waals surface area contributed by atoms with E-state index in [1.807, 2.05) is 83.1 Å². The van der Waals surface area contributed by atoms with E-state index >= 15 is 0 Å². The summed E-state index contributed by atoms with van der Waals surface area (Å²) in [7, 11) is 0. The molecule has 2 aromatic carbocycles. The average Bonchev–Trinajstić information content (AvgIpc) is 3.60. The molecule has 1 aliphatic rings. The molecule has 1 atom stereocenters. The normalized spacial score (nSPS) is 14.6. The highest BCUT2D eigenvalue weighted by molar-refractivity contribution is 8.00. The van der Waals surface area contributed by atoms with E-state index in [9.17, 15) is 4.79 Å². The molecule has 0 N–H and O–H groups in total. The van der Waals surface area contributed by atoms with E-state index in [1.165, 1.54) is 11.8 Å². The van der Waals surface area contributed by atoms with Crippen LogP contribution >= 0.6 is 23.1 Å². The zero-order valence-electron chi connectivity index (χ0n) is 16.9. The lowest BCUT2D eigenvalue weighted by Gasteiger charge is -2.23. The fraction of sp³-hybridized carbons (Fsp3) is 0.208. The first-order valence-corrected chi connectivity index (χ1v) is 12.1. The quantitative estimate of drug-likeness (QED) is 0.370.